The molecule has 0 bridgehead atoms. The summed E-state index contributed by atoms with van der Waals surface area (Å²) in [6.07, 6.45) is -2.06. The van der Waals surface area contributed by atoms with Gasteiger partial charge in [-0.2, -0.15) is 8.78 Å². The van der Waals surface area contributed by atoms with E-state index < -0.39 is 28.9 Å². The molecule has 116 valence electrons. The Kier molecular flexibility index (Phi) is 8.51. The van der Waals surface area contributed by atoms with Crippen molar-refractivity contribution in [3.05, 3.63) is 0 Å². The molecule has 0 unspecified atom stereocenters. The molecule has 0 atom stereocenters. The highest BCUT2D eigenvalue weighted by Crippen LogP contribution is 2.21. The first kappa shape index (κ1) is 18.6. The standard InChI is InChI=1S/C10H20F4N2O2S/c1-2-5-15-6-3-4-7-19(17,18)16-8-10(13,14)9(11)12/h9,15-16H,2-8H2,1H3. The molecule has 2 N–H and O–H groups in total. The Labute approximate surface area is 111 Å². The molecule has 0 aliphatic heterocycles. The number of hydrogen-bond donors (Lipinski definition) is 2. The Bertz CT molecular complexity index is 336. The van der Waals surface area contributed by atoms with Crippen molar-refractivity contribution in [2.24, 2.45) is 0 Å². The van der Waals surface area contributed by atoms with Crippen molar-refractivity contribution in [3.63, 3.8) is 0 Å². The monoisotopic (exact) mass is 308 g/mol. The lowest BCUT2D eigenvalue weighted by Gasteiger charge is -2.15. The van der Waals surface area contributed by atoms with Crippen molar-refractivity contribution in [1.82, 2.24) is 10.0 Å². The Hall–Kier alpha value is -0.410. The molecule has 0 aromatic heterocycles. The summed E-state index contributed by atoms with van der Waals surface area (Å²) < 4.78 is 72.7. The molecule has 9 heteroatoms. The zero-order chi connectivity index (χ0) is 14.9. The lowest BCUT2D eigenvalue weighted by atomic mass is 10.3. The Balaban J connectivity index is 3.87. The van der Waals surface area contributed by atoms with E-state index in [0.717, 1.165) is 13.0 Å². The van der Waals surface area contributed by atoms with Gasteiger partial charge < -0.3 is 5.32 Å². The minimum atomic E-state index is -4.34. The highest BCUT2D eigenvalue weighted by Gasteiger charge is 2.41. The van der Waals surface area contributed by atoms with Crippen LogP contribution >= 0.6 is 0 Å². The topological polar surface area (TPSA) is 58.2 Å². The predicted octanol–water partition coefficient (Wildman–Crippen LogP) is 1.59. The van der Waals surface area contributed by atoms with Crippen molar-refractivity contribution in [3.8, 4) is 0 Å². The van der Waals surface area contributed by atoms with E-state index in [1.54, 1.807) is 0 Å². The van der Waals surface area contributed by atoms with Gasteiger partial charge in [0.2, 0.25) is 10.0 Å². The van der Waals surface area contributed by atoms with Crippen molar-refractivity contribution in [2.45, 2.75) is 38.5 Å². The first-order valence-electron chi connectivity index (χ1n) is 6.05. The molecular formula is C10H20F4N2O2S. The SMILES string of the molecule is CCCNCCCCS(=O)(=O)NCC(F)(F)C(F)F. The average Bonchev–Trinajstić information content (AvgIpc) is 2.31. The number of halogens is 4. The number of unbranched alkanes of at least 4 members (excludes halogenated alkanes) is 1. The summed E-state index contributed by atoms with van der Waals surface area (Å²) in [5.74, 6) is -4.68. The lowest BCUT2D eigenvalue weighted by molar-refractivity contribution is -0.122. The van der Waals surface area contributed by atoms with Gasteiger partial charge in [-0.1, -0.05) is 6.92 Å². The molecule has 0 radical (unpaired) electrons. The van der Waals surface area contributed by atoms with Crippen molar-refractivity contribution < 1.29 is 26.0 Å². The lowest BCUT2D eigenvalue weighted by Crippen LogP contribution is -2.42. The van der Waals surface area contributed by atoms with Crippen LogP contribution in [0, 0.1) is 0 Å². The molecule has 0 fully saturated rings. The van der Waals surface area contributed by atoms with Crippen LogP contribution in [0.5, 0.6) is 0 Å². The van der Waals surface area contributed by atoms with Crippen molar-refractivity contribution >= 4 is 10.0 Å². The largest absolute Gasteiger partial charge is 0.320 e. The van der Waals surface area contributed by atoms with Crippen LogP contribution in [0.3, 0.4) is 0 Å². The average molecular weight is 308 g/mol. The third kappa shape index (κ3) is 9.17. The molecule has 0 saturated carbocycles. The maximum Gasteiger partial charge on any atom is 0.320 e. The molecule has 4 nitrogen and oxygen atoms in total. The van der Waals surface area contributed by atoms with Gasteiger partial charge in [-0.3, -0.25) is 0 Å². The number of hydrogen-bond acceptors (Lipinski definition) is 3. The van der Waals surface area contributed by atoms with Crippen molar-refractivity contribution in [2.75, 3.05) is 25.4 Å². The Morgan fingerprint density at radius 3 is 2.32 bits per heavy atom. The number of sulfonamides is 1. The second-order valence-electron chi connectivity index (χ2n) is 4.16. The molecule has 0 spiro atoms. The summed E-state index contributed by atoms with van der Waals surface area (Å²) in [6, 6.07) is 0. The quantitative estimate of drug-likeness (QED) is 0.450. The van der Waals surface area contributed by atoms with Gasteiger partial charge in [-0.15, -0.1) is 0 Å². The molecule has 0 saturated heterocycles. The second kappa shape index (κ2) is 8.70. The van der Waals surface area contributed by atoms with Gasteiger partial charge in [0.15, 0.2) is 0 Å². The van der Waals surface area contributed by atoms with Gasteiger partial charge >= 0.3 is 12.3 Å². The maximum absolute atomic E-state index is 12.5. The third-order valence-corrected chi connectivity index (χ3v) is 3.70. The molecular weight excluding hydrogens is 288 g/mol. The summed E-state index contributed by atoms with van der Waals surface area (Å²) in [5, 5.41) is 3.06. The number of alkyl halides is 4. The minimum absolute atomic E-state index is 0.284. The smallest absolute Gasteiger partial charge is 0.317 e. The van der Waals surface area contributed by atoms with E-state index in [-0.39, 0.29) is 12.2 Å². The van der Waals surface area contributed by atoms with Crippen LogP contribution in [0.1, 0.15) is 26.2 Å². The second-order valence-corrected chi connectivity index (χ2v) is 6.09. The summed E-state index contributed by atoms with van der Waals surface area (Å²) in [6.45, 7) is 1.88. The van der Waals surface area contributed by atoms with Crippen LogP contribution < -0.4 is 10.0 Å². The van der Waals surface area contributed by atoms with Gasteiger partial charge in [-0.25, -0.2) is 21.9 Å². The zero-order valence-electron chi connectivity index (χ0n) is 10.8. The molecule has 0 aliphatic carbocycles. The summed E-state index contributed by atoms with van der Waals surface area (Å²) in [4.78, 5) is 0. The fraction of sp³-hybridized carbons (Fsp3) is 1.00. The Morgan fingerprint density at radius 1 is 1.16 bits per heavy atom. The van der Waals surface area contributed by atoms with E-state index in [9.17, 15) is 26.0 Å². The van der Waals surface area contributed by atoms with Gasteiger partial charge in [-0.05, 0) is 32.4 Å². The third-order valence-electron chi connectivity index (χ3n) is 2.29. The van der Waals surface area contributed by atoms with E-state index in [1.807, 2.05) is 6.92 Å². The fourth-order valence-electron chi connectivity index (χ4n) is 1.20. The summed E-state index contributed by atoms with van der Waals surface area (Å²) in [7, 11) is -3.93. The minimum Gasteiger partial charge on any atom is -0.317 e. The van der Waals surface area contributed by atoms with E-state index in [2.05, 4.69) is 5.32 Å². The first-order chi connectivity index (χ1) is 8.71. The maximum atomic E-state index is 12.5. The highest BCUT2D eigenvalue weighted by atomic mass is 32.2. The van der Waals surface area contributed by atoms with Crippen LogP contribution in [-0.4, -0.2) is 46.2 Å². The van der Waals surface area contributed by atoms with E-state index >= 15 is 0 Å². The molecule has 0 aromatic carbocycles. The van der Waals surface area contributed by atoms with Crippen LogP contribution in [0.25, 0.3) is 0 Å². The van der Waals surface area contributed by atoms with E-state index in [4.69, 9.17) is 0 Å². The van der Waals surface area contributed by atoms with Crippen molar-refractivity contribution in [1.29, 1.82) is 0 Å². The normalized spacial score (nSPS) is 13.2. The molecule has 0 rings (SSSR count). The van der Waals surface area contributed by atoms with Gasteiger partial charge in [0.25, 0.3) is 0 Å². The Morgan fingerprint density at radius 2 is 1.79 bits per heavy atom. The fourth-order valence-corrected chi connectivity index (χ4v) is 2.34. The molecule has 0 aliphatic rings. The summed E-state index contributed by atoms with van der Waals surface area (Å²) in [5.41, 5.74) is 0. The molecule has 0 heterocycles. The molecule has 0 aromatic rings. The van der Waals surface area contributed by atoms with Crippen LogP contribution in [-0.2, 0) is 10.0 Å². The van der Waals surface area contributed by atoms with Crippen LogP contribution in [0.4, 0.5) is 17.6 Å². The molecule has 19 heavy (non-hydrogen) atoms. The molecule has 0 amide bonds. The zero-order valence-corrected chi connectivity index (χ0v) is 11.6. The summed E-state index contributed by atoms with van der Waals surface area (Å²) >= 11 is 0. The number of nitrogens with one attached hydrogen (secondary N) is 2. The highest BCUT2D eigenvalue weighted by molar-refractivity contribution is 7.89. The first-order valence-corrected chi connectivity index (χ1v) is 7.70. The van der Waals surface area contributed by atoms with Crippen LogP contribution in [0.15, 0.2) is 0 Å². The van der Waals surface area contributed by atoms with E-state index in [0.29, 0.717) is 13.0 Å². The predicted molar refractivity (Wildman–Crippen MR) is 65.1 cm³/mol. The van der Waals surface area contributed by atoms with Gasteiger partial charge in [0.1, 0.15) is 0 Å². The van der Waals surface area contributed by atoms with Gasteiger partial charge in [0.05, 0.1) is 12.3 Å². The number of rotatable bonds is 11. The van der Waals surface area contributed by atoms with Gasteiger partial charge in [0, 0.05) is 0 Å². The van der Waals surface area contributed by atoms with E-state index in [1.165, 1.54) is 4.72 Å². The van der Waals surface area contributed by atoms with Crippen LogP contribution in [0.2, 0.25) is 0 Å².